The van der Waals surface area contributed by atoms with Gasteiger partial charge in [-0.3, -0.25) is 4.79 Å². The highest BCUT2D eigenvalue weighted by atomic mass is 16.5. The second kappa shape index (κ2) is 6.06. The van der Waals surface area contributed by atoms with Crippen LogP contribution in [0.2, 0.25) is 0 Å². The van der Waals surface area contributed by atoms with Crippen LogP contribution >= 0.6 is 0 Å². The summed E-state index contributed by atoms with van der Waals surface area (Å²) in [6.45, 7) is 4.22. The third-order valence-corrected chi connectivity index (χ3v) is 2.67. The van der Waals surface area contributed by atoms with Crippen molar-refractivity contribution in [2.75, 3.05) is 17.7 Å². The van der Waals surface area contributed by atoms with E-state index in [0.717, 1.165) is 0 Å². The molecule has 0 saturated carbocycles. The van der Waals surface area contributed by atoms with Crippen LogP contribution in [0.5, 0.6) is 5.75 Å². The highest BCUT2D eigenvalue weighted by molar-refractivity contribution is 6.05. The minimum Gasteiger partial charge on any atom is -0.492 e. The lowest BCUT2D eigenvalue weighted by Crippen LogP contribution is -2.14. The minimum absolute atomic E-state index is 0.241. The van der Waals surface area contributed by atoms with Crippen LogP contribution in [0.25, 0.3) is 0 Å². The largest absolute Gasteiger partial charge is 0.492 e. The molecule has 0 aliphatic carbocycles. The number of nitrogens with zero attached hydrogens (tertiary/aromatic N) is 1. The lowest BCUT2D eigenvalue weighted by molar-refractivity contribution is 0.102. The van der Waals surface area contributed by atoms with E-state index in [2.05, 4.69) is 10.3 Å². The van der Waals surface area contributed by atoms with Crippen LogP contribution in [0.1, 0.15) is 23.0 Å². The van der Waals surface area contributed by atoms with E-state index < -0.39 is 0 Å². The molecule has 2 aromatic rings. The third-order valence-electron chi connectivity index (χ3n) is 2.67. The Balaban J connectivity index is 2.23. The molecule has 1 amide bonds. The predicted molar refractivity (Wildman–Crippen MR) is 79.0 cm³/mol. The molecule has 2 rings (SSSR count). The van der Waals surface area contributed by atoms with E-state index in [1.54, 1.807) is 25.1 Å². The SMILES string of the molecule is CCOc1ccccc1NC(=O)c1cc(C)nc(N)c1. The highest BCUT2D eigenvalue weighted by Crippen LogP contribution is 2.24. The Labute approximate surface area is 117 Å². The van der Waals surface area contributed by atoms with Crippen molar-refractivity contribution in [3.63, 3.8) is 0 Å². The Hall–Kier alpha value is -2.56. The number of hydrogen-bond acceptors (Lipinski definition) is 4. The van der Waals surface area contributed by atoms with Gasteiger partial charge in [0.15, 0.2) is 0 Å². The van der Waals surface area contributed by atoms with Crippen molar-refractivity contribution in [3.05, 3.63) is 47.7 Å². The molecule has 0 unspecified atom stereocenters. The van der Waals surface area contributed by atoms with Gasteiger partial charge >= 0.3 is 0 Å². The summed E-state index contributed by atoms with van der Waals surface area (Å²) < 4.78 is 5.47. The molecule has 5 heteroatoms. The Bertz CT molecular complexity index is 606. The van der Waals surface area contributed by atoms with Crippen LogP contribution < -0.4 is 15.8 Å². The summed E-state index contributed by atoms with van der Waals surface area (Å²) in [5.74, 6) is 0.727. The number of ether oxygens (including phenoxy) is 1. The van der Waals surface area contributed by atoms with Gasteiger partial charge in [0.25, 0.3) is 5.91 Å². The van der Waals surface area contributed by atoms with Gasteiger partial charge in [0.1, 0.15) is 11.6 Å². The molecule has 104 valence electrons. The van der Waals surface area contributed by atoms with Crippen LogP contribution in [0.15, 0.2) is 36.4 Å². The van der Waals surface area contributed by atoms with Gasteiger partial charge in [-0.05, 0) is 38.1 Å². The number of aryl methyl sites for hydroxylation is 1. The number of hydrogen-bond donors (Lipinski definition) is 2. The van der Waals surface area contributed by atoms with Gasteiger partial charge in [-0.2, -0.15) is 0 Å². The summed E-state index contributed by atoms with van der Waals surface area (Å²) in [6, 6.07) is 10.5. The predicted octanol–water partition coefficient (Wildman–Crippen LogP) is 2.62. The second-order valence-electron chi connectivity index (χ2n) is 4.31. The summed E-state index contributed by atoms with van der Waals surface area (Å²) in [7, 11) is 0. The van der Waals surface area contributed by atoms with Gasteiger partial charge in [0.05, 0.1) is 12.3 Å². The van der Waals surface area contributed by atoms with E-state index >= 15 is 0 Å². The van der Waals surface area contributed by atoms with E-state index in [4.69, 9.17) is 10.5 Å². The normalized spacial score (nSPS) is 10.1. The zero-order valence-corrected chi connectivity index (χ0v) is 11.5. The molecule has 0 radical (unpaired) electrons. The maximum Gasteiger partial charge on any atom is 0.255 e. The van der Waals surface area contributed by atoms with Crippen LogP contribution in [-0.4, -0.2) is 17.5 Å². The third kappa shape index (κ3) is 3.26. The molecule has 1 aromatic carbocycles. The molecule has 3 N–H and O–H groups in total. The number of carbonyl (C=O) groups is 1. The van der Waals surface area contributed by atoms with Crippen LogP contribution in [0.3, 0.4) is 0 Å². The summed E-state index contributed by atoms with van der Waals surface area (Å²) in [4.78, 5) is 16.3. The molecule has 1 heterocycles. The van der Waals surface area contributed by atoms with Crippen LogP contribution in [0, 0.1) is 6.92 Å². The highest BCUT2D eigenvalue weighted by Gasteiger charge is 2.10. The summed E-state index contributed by atoms with van der Waals surface area (Å²) >= 11 is 0. The average molecular weight is 271 g/mol. The molecule has 0 atom stereocenters. The molecule has 5 nitrogen and oxygen atoms in total. The molecular weight excluding hydrogens is 254 g/mol. The van der Waals surface area contributed by atoms with Gasteiger partial charge in [-0.15, -0.1) is 0 Å². The zero-order chi connectivity index (χ0) is 14.5. The van der Waals surface area contributed by atoms with Crippen molar-refractivity contribution < 1.29 is 9.53 Å². The number of anilines is 2. The summed E-state index contributed by atoms with van der Waals surface area (Å²) in [5.41, 5.74) is 7.46. The van der Waals surface area contributed by atoms with Crippen molar-refractivity contribution in [2.45, 2.75) is 13.8 Å². The fraction of sp³-hybridized carbons (Fsp3) is 0.200. The van der Waals surface area contributed by atoms with Crippen LogP contribution in [-0.2, 0) is 0 Å². The molecule has 0 aliphatic rings. The topological polar surface area (TPSA) is 77.2 Å². The van der Waals surface area contributed by atoms with E-state index in [-0.39, 0.29) is 5.91 Å². The maximum absolute atomic E-state index is 12.2. The molecule has 0 fully saturated rings. The first kappa shape index (κ1) is 13.9. The van der Waals surface area contributed by atoms with Gasteiger partial charge in [0, 0.05) is 11.3 Å². The molecule has 0 bridgehead atoms. The smallest absolute Gasteiger partial charge is 0.255 e. The molecule has 0 aliphatic heterocycles. The second-order valence-corrected chi connectivity index (χ2v) is 4.31. The fourth-order valence-electron chi connectivity index (χ4n) is 1.87. The average Bonchev–Trinajstić information content (AvgIpc) is 2.40. The standard InChI is InChI=1S/C15H17N3O2/c1-3-20-13-7-5-4-6-12(13)18-15(19)11-8-10(2)17-14(16)9-11/h4-9H,3H2,1-2H3,(H2,16,17)(H,18,19). The van der Waals surface area contributed by atoms with Gasteiger partial charge in [-0.1, -0.05) is 12.1 Å². The van der Waals surface area contributed by atoms with E-state index in [1.807, 2.05) is 25.1 Å². The lowest BCUT2D eigenvalue weighted by Gasteiger charge is -2.11. The number of benzene rings is 1. The van der Waals surface area contributed by atoms with Gasteiger partial charge < -0.3 is 15.8 Å². The van der Waals surface area contributed by atoms with Crippen molar-refractivity contribution in [2.24, 2.45) is 0 Å². The molecule has 0 saturated heterocycles. The van der Waals surface area contributed by atoms with Crippen molar-refractivity contribution in [1.29, 1.82) is 0 Å². The fourth-order valence-corrected chi connectivity index (χ4v) is 1.87. The number of amides is 1. The first-order valence-corrected chi connectivity index (χ1v) is 6.37. The molecule has 0 spiro atoms. The number of nitrogens with two attached hydrogens (primary N) is 1. The number of aromatic nitrogens is 1. The van der Waals surface area contributed by atoms with E-state index in [0.29, 0.717) is 35.1 Å². The van der Waals surface area contributed by atoms with Crippen LogP contribution in [0.4, 0.5) is 11.5 Å². The van der Waals surface area contributed by atoms with E-state index in [9.17, 15) is 4.79 Å². The first-order chi connectivity index (χ1) is 9.60. The monoisotopic (exact) mass is 271 g/mol. The minimum atomic E-state index is -0.241. The summed E-state index contributed by atoms with van der Waals surface area (Å²) in [6.07, 6.45) is 0. The van der Waals surface area contributed by atoms with Gasteiger partial charge in [0.2, 0.25) is 0 Å². The van der Waals surface area contributed by atoms with Crippen molar-refractivity contribution >= 4 is 17.4 Å². The zero-order valence-electron chi connectivity index (χ0n) is 11.5. The molecule has 20 heavy (non-hydrogen) atoms. The maximum atomic E-state index is 12.2. The lowest BCUT2D eigenvalue weighted by atomic mass is 10.2. The molecular formula is C15H17N3O2. The Morgan fingerprint density at radius 2 is 2.10 bits per heavy atom. The number of rotatable bonds is 4. The first-order valence-electron chi connectivity index (χ1n) is 6.37. The van der Waals surface area contributed by atoms with Crippen molar-refractivity contribution in [3.8, 4) is 5.75 Å². The number of pyridine rings is 1. The Morgan fingerprint density at radius 1 is 1.35 bits per heavy atom. The molecule has 1 aromatic heterocycles. The Morgan fingerprint density at radius 3 is 2.80 bits per heavy atom. The quantitative estimate of drug-likeness (QED) is 0.896. The Kier molecular flexibility index (Phi) is 4.20. The van der Waals surface area contributed by atoms with Crippen molar-refractivity contribution in [1.82, 2.24) is 4.98 Å². The number of nitrogens with one attached hydrogen (secondary N) is 1. The number of nitrogen functional groups attached to an aromatic ring is 1. The van der Waals surface area contributed by atoms with E-state index in [1.165, 1.54) is 0 Å². The number of carbonyl (C=O) groups excluding carboxylic acids is 1. The summed E-state index contributed by atoms with van der Waals surface area (Å²) in [5, 5.41) is 2.82. The van der Waals surface area contributed by atoms with Gasteiger partial charge in [-0.25, -0.2) is 4.98 Å². The number of para-hydroxylation sites is 2.